The molecule has 0 bridgehead atoms. The summed E-state index contributed by atoms with van der Waals surface area (Å²) in [4.78, 5) is 22.9. The zero-order chi connectivity index (χ0) is 14.5. The van der Waals surface area contributed by atoms with Gasteiger partial charge in [0.1, 0.15) is 0 Å². The number of amides is 2. The molecule has 0 aromatic carbocycles. The number of carboxylic acid groups (broad SMARTS) is 1. The minimum atomic E-state index is -0.797. The second kappa shape index (κ2) is 6.95. The first-order chi connectivity index (χ1) is 9.56. The maximum absolute atomic E-state index is 11.9. The Balaban J connectivity index is 1.69. The fourth-order valence-corrected chi connectivity index (χ4v) is 3.42. The highest BCUT2D eigenvalue weighted by Crippen LogP contribution is 2.28. The molecular weight excluding hydrogens is 256 g/mol. The number of urea groups is 1. The van der Waals surface area contributed by atoms with Gasteiger partial charge in [-0.2, -0.15) is 0 Å². The van der Waals surface area contributed by atoms with E-state index >= 15 is 0 Å². The summed E-state index contributed by atoms with van der Waals surface area (Å²) in [6.45, 7) is 2.99. The first-order valence-electron chi connectivity index (χ1n) is 7.83. The van der Waals surface area contributed by atoms with Crippen molar-refractivity contribution in [1.82, 2.24) is 10.6 Å². The molecule has 0 aliphatic heterocycles. The average molecular weight is 282 g/mol. The lowest BCUT2D eigenvalue weighted by Gasteiger charge is -2.26. The smallest absolute Gasteiger partial charge is 0.315 e. The Hall–Kier alpha value is -1.26. The van der Waals surface area contributed by atoms with Crippen LogP contribution < -0.4 is 10.6 Å². The van der Waals surface area contributed by atoms with Gasteiger partial charge in [0.05, 0.1) is 5.92 Å². The minimum Gasteiger partial charge on any atom is -0.481 e. The first kappa shape index (κ1) is 15.1. The summed E-state index contributed by atoms with van der Waals surface area (Å²) in [5.41, 5.74) is 0. The molecule has 5 nitrogen and oxygen atoms in total. The number of hydrogen-bond donors (Lipinski definition) is 3. The normalized spacial score (nSPS) is 33.6. The van der Waals surface area contributed by atoms with E-state index in [0.29, 0.717) is 18.9 Å². The molecule has 2 atom stereocenters. The van der Waals surface area contributed by atoms with E-state index in [2.05, 4.69) is 17.6 Å². The lowest BCUT2D eigenvalue weighted by Crippen LogP contribution is -2.46. The highest BCUT2D eigenvalue weighted by atomic mass is 16.4. The van der Waals surface area contributed by atoms with Crippen molar-refractivity contribution in [3.05, 3.63) is 0 Å². The van der Waals surface area contributed by atoms with Crippen LogP contribution in [0.25, 0.3) is 0 Å². The molecule has 2 aliphatic carbocycles. The molecule has 0 heterocycles. The monoisotopic (exact) mass is 282 g/mol. The van der Waals surface area contributed by atoms with Crippen molar-refractivity contribution in [3.63, 3.8) is 0 Å². The van der Waals surface area contributed by atoms with Gasteiger partial charge in [-0.15, -0.1) is 0 Å². The van der Waals surface area contributed by atoms with E-state index in [0.717, 1.165) is 18.8 Å². The Morgan fingerprint density at radius 3 is 2.45 bits per heavy atom. The number of carbonyl (C=O) groups excluding carboxylic acids is 1. The van der Waals surface area contributed by atoms with Crippen molar-refractivity contribution in [3.8, 4) is 0 Å². The van der Waals surface area contributed by atoms with E-state index in [4.69, 9.17) is 5.11 Å². The van der Waals surface area contributed by atoms with Gasteiger partial charge in [0.15, 0.2) is 0 Å². The van der Waals surface area contributed by atoms with Gasteiger partial charge >= 0.3 is 12.0 Å². The zero-order valence-electron chi connectivity index (χ0n) is 12.2. The largest absolute Gasteiger partial charge is 0.481 e. The average Bonchev–Trinajstić information content (AvgIpc) is 2.86. The van der Waals surface area contributed by atoms with Crippen LogP contribution >= 0.6 is 0 Å². The van der Waals surface area contributed by atoms with E-state index in [1.165, 1.54) is 25.7 Å². The number of hydrogen-bond acceptors (Lipinski definition) is 2. The van der Waals surface area contributed by atoms with Crippen molar-refractivity contribution in [2.24, 2.45) is 17.8 Å². The molecule has 2 unspecified atom stereocenters. The second-order valence-corrected chi connectivity index (χ2v) is 6.46. The third kappa shape index (κ3) is 4.12. The number of carboxylic acids is 1. The van der Waals surface area contributed by atoms with Crippen molar-refractivity contribution in [1.29, 1.82) is 0 Å². The molecule has 2 saturated carbocycles. The maximum atomic E-state index is 11.9. The summed E-state index contributed by atoms with van der Waals surface area (Å²) in [6, 6.07) is -0.416. The van der Waals surface area contributed by atoms with Crippen molar-refractivity contribution < 1.29 is 14.7 Å². The summed E-state index contributed by atoms with van der Waals surface area (Å²) in [5, 5.41) is 14.8. The van der Waals surface area contributed by atoms with Crippen LogP contribution in [-0.2, 0) is 4.79 Å². The Morgan fingerprint density at radius 1 is 1.10 bits per heavy atom. The standard InChI is InChI=1S/C15H26N2O3/c1-10-5-7-11(8-6-10)9-16-15(20)17-13-4-2-3-12(13)14(18)19/h10-13H,2-9H2,1H3,(H,18,19)(H2,16,17,20). The van der Waals surface area contributed by atoms with Crippen LogP contribution in [0.5, 0.6) is 0 Å². The summed E-state index contributed by atoms with van der Waals surface area (Å²) in [7, 11) is 0. The molecule has 2 aliphatic rings. The second-order valence-electron chi connectivity index (χ2n) is 6.46. The van der Waals surface area contributed by atoms with Crippen molar-refractivity contribution in [2.45, 2.75) is 57.9 Å². The Kier molecular flexibility index (Phi) is 5.26. The van der Waals surface area contributed by atoms with E-state index in [-0.39, 0.29) is 12.1 Å². The number of carbonyl (C=O) groups is 2. The Morgan fingerprint density at radius 2 is 1.80 bits per heavy atom. The molecule has 0 radical (unpaired) electrons. The van der Waals surface area contributed by atoms with Gasteiger partial charge in [0, 0.05) is 12.6 Å². The van der Waals surface area contributed by atoms with E-state index in [1.807, 2.05) is 0 Å². The fourth-order valence-electron chi connectivity index (χ4n) is 3.42. The van der Waals surface area contributed by atoms with Crippen LogP contribution in [0.1, 0.15) is 51.9 Å². The highest BCUT2D eigenvalue weighted by molar-refractivity contribution is 5.77. The molecule has 0 aromatic rings. The summed E-state index contributed by atoms with van der Waals surface area (Å²) in [6.07, 6.45) is 7.18. The predicted molar refractivity (Wildman–Crippen MR) is 76.4 cm³/mol. The van der Waals surface area contributed by atoms with Crippen LogP contribution in [0.4, 0.5) is 4.79 Å². The van der Waals surface area contributed by atoms with Crippen molar-refractivity contribution >= 4 is 12.0 Å². The van der Waals surface area contributed by atoms with Gasteiger partial charge in [0.2, 0.25) is 0 Å². The molecule has 2 fully saturated rings. The van der Waals surface area contributed by atoms with Crippen LogP contribution in [0.2, 0.25) is 0 Å². The lowest BCUT2D eigenvalue weighted by molar-refractivity contribution is -0.142. The zero-order valence-corrected chi connectivity index (χ0v) is 12.2. The van der Waals surface area contributed by atoms with E-state index < -0.39 is 11.9 Å². The van der Waals surface area contributed by atoms with Gasteiger partial charge in [-0.25, -0.2) is 4.79 Å². The summed E-state index contributed by atoms with van der Waals surface area (Å²) >= 11 is 0. The van der Waals surface area contributed by atoms with E-state index in [1.54, 1.807) is 0 Å². The minimum absolute atomic E-state index is 0.207. The van der Waals surface area contributed by atoms with E-state index in [9.17, 15) is 9.59 Å². The van der Waals surface area contributed by atoms with Crippen LogP contribution in [-0.4, -0.2) is 29.7 Å². The molecule has 114 valence electrons. The summed E-state index contributed by atoms with van der Waals surface area (Å²) in [5.74, 6) is 0.177. The molecule has 2 rings (SSSR count). The lowest BCUT2D eigenvalue weighted by atomic mass is 9.83. The number of aliphatic carboxylic acids is 1. The third-order valence-electron chi connectivity index (χ3n) is 4.84. The van der Waals surface area contributed by atoms with Gasteiger partial charge in [-0.05, 0) is 37.5 Å². The molecule has 0 spiro atoms. The van der Waals surface area contributed by atoms with Crippen molar-refractivity contribution in [2.75, 3.05) is 6.54 Å². The topological polar surface area (TPSA) is 78.4 Å². The Labute approximate surface area is 120 Å². The summed E-state index contributed by atoms with van der Waals surface area (Å²) < 4.78 is 0. The molecular formula is C15H26N2O3. The van der Waals surface area contributed by atoms with Gasteiger partial charge < -0.3 is 15.7 Å². The number of rotatable bonds is 4. The number of nitrogens with one attached hydrogen (secondary N) is 2. The molecule has 2 amide bonds. The molecule has 0 aromatic heterocycles. The highest BCUT2D eigenvalue weighted by Gasteiger charge is 2.33. The van der Waals surface area contributed by atoms with Gasteiger partial charge in [0.25, 0.3) is 0 Å². The molecule has 3 N–H and O–H groups in total. The molecule has 0 saturated heterocycles. The Bertz CT molecular complexity index is 351. The van der Waals surface area contributed by atoms with Crippen LogP contribution in [0, 0.1) is 17.8 Å². The fraction of sp³-hybridized carbons (Fsp3) is 0.867. The maximum Gasteiger partial charge on any atom is 0.315 e. The quantitative estimate of drug-likeness (QED) is 0.740. The molecule has 20 heavy (non-hydrogen) atoms. The first-order valence-corrected chi connectivity index (χ1v) is 7.83. The third-order valence-corrected chi connectivity index (χ3v) is 4.84. The van der Waals surface area contributed by atoms with Gasteiger partial charge in [-0.3, -0.25) is 4.79 Å². The SMILES string of the molecule is CC1CCC(CNC(=O)NC2CCCC2C(=O)O)CC1. The van der Waals surface area contributed by atoms with Crippen LogP contribution in [0.3, 0.4) is 0 Å². The molecule has 5 heteroatoms. The predicted octanol–water partition coefficient (Wildman–Crippen LogP) is 2.37. The van der Waals surface area contributed by atoms with Crippen LogP contribution in [0.15, 0.2) is 0 Å². The van der Waals surface area contributed by atoms with Gasteiger partial charge in [-0.1, -0.05) is 26.2 Å².